The monoisotopic (exact) mass is 1110 g/mol. The minimum Gasteiger partial charge on any atom is -0.377 e. The maximum Gasteiger partial charge on any atom is 0.159 e. The van der Waals surface area contributed by atoms with Gasteiger partial charge in [0, 0.05) is 51.8 Å². The van der Waals surface area contributed by atoms with Gasteiger partial charge in [-0.25, -0.2) is 29.9 Å². The summed E-state index contributed by atoms with van der Waals surface area (Å²) in [6.45, 7) is 0. The molecule has 0 radical (unpaired) electrons. The first-order valence-corrected chi connectivity index (χ1v) is 29.0. The van der Waals surface area contributed by atoms with Gasteiger partial charge >= 0.3 is 0 Å². The van der Waals surface area contributed by atoms with Gasteiger partial charge < -0.3 is 16.0 Å². The van der Waals surface area contributed by atoms with Crippen LogP contribution < -0.4 is 21.3 Å². The number of pyridine rings is 2. The summed E-state index contributed by atoms with van der Waals surface area (Å²) < 4.78 is 0. The van der Waals surface area contributed by atoms with Crippen molar-refractivity contribution in [2.45, 2.75) is 24.5 Å². The summed E-state index contributed by atoms with van der Waals surface area (Å²) in [7, 11) is 0. The average molecular weight is 1110 g/mol. The highest BCUT2D eigenvalue weighted by Crippen LogP contribution is 2.35. The van der Waals surface area contributed by atoms with Crippen LogP contribution in [0.25, 0.3) is 66.8 Å². The fourth-order valence-corrected chi connectivity index (χ4v) is 11.6. The van der Waals surface area contributed by atoms with Gasteiger partial charge in [0.25, 0.3) is 0 Å². The van der Waals surface area contributed by atoms with Crippen molar-refractivity contribution in [2.75, 3.05) is 0 Å². The van der Waals surface area contributed by atoms with Crippen LogP contribution in [0.15, 0.2) is 312 Å². The number of amidine groups is 3. The SMILES string of the molecule is C1=CC2=NC(c3cccc(-c4ccc(C5N=C(c6ccccc6)N=C(c6ccccc6)N5)cc4)c3)=CNC2C=C1c1cccc(C2NC(c3ccccc3)=NC(c3cccc(-c4cccc(-c5cccc(-c6cnc7ncccc7c6)c5)c4)c3)N2)c1. The molecule has 0 amide bonds. The van der Waals surface area contributed by atoms with Crippen molar-refractivity contribution in [3.63, 3.8) is 0 Å². The van der Waals surface area contributed by atoms with E-state index < -0.39 is 0 Å². The third-order valence-electron chi connectivity index (χ3n) is 16.1. The summed E-state index contributed by atoms with van der Waals surface area (Å²) in [5.74, 6) is 2.34. The third-order valence-corrected chi connectivity index (χ3v) is 16.1. The van der Waals surface area contributed by atoms with Crippen molar-refractivity contribution in [1.29, 1.82) is 0 Å². The lowest BCUT2D eigenvalue weighted by atomic mass is 9.93. The predicted molar refractivity (Wildman–Crippen MR) is 350 cm³/mol. The molecule has 9 aromatic carbocycles. The highest BCUT2D eigenvalue weighted by molar-refractivity contribution is 6.13. The van der Waals surface area contributed by atoms with Crippen LogP contribution in [0.3, 0.4) is 0 Å². The van der Waals surface area contributed by atoms with Crippen LogP contribution in [-0.4, -0.2) is 39.2 Å². The van der Waals surface area contributed by atoms with Gasteiger partial charge in [0.1, 0.15) is 30.2 Å². The molecule has 4 unspecified atom stereocenters. The third kappa shape index (κ3) is 10.8. The molecule has 10 nitrogen and oxygen atoms in total. The molecule has 4 N–H and O–H groups in total. The molecule has 3 aliphatic heterocycles. The second-order valence-electron chi connectivity index (χ2n) is 21.7. The zero-order valence-corrected chi connectivity index (χ0v) is 46.7. The Balaban J connectivity index is 0.644. The Bertz CT molecular complexity index is 4600. The number of rotatable bonds is 12. The van der Waals surface area contributed by atoms with Crippen LogP contribution in [0.1, 0.15) is 63.0 Å². The summed E-state index contributed by atoms with van der Waals surface area (Å²) in [6, 6.07) is 89.0. The second-order valence-corrected chi connectivity index (χ2v) is 21.7. The van der Waals surface area contributed by atoms with E-state index in [9.17, 15) is 0 Å². The number of fused-ring (bicyclic) bond motifs is 2. The minimum absolute atomic E-state index is 0.0831. The molecule has 2 aromatic heterocycles. The lowest BCUT2D eigenvalue weighted by molar-refractivity contribution is 0.409. The number of aromatic nitrogens is 2. The van der Waals surface area contributed by atoms with Gasteiger partial charge in [0.15, 0.2) is 11.5 Å². The standard InChI is InChI=1S/C76H56N10/c1-4-16-50(17-5-1)71-81-72(51-18-6-2-7-19-51)83-74(82-71)53-35-33-49(34-36-53)54-22-12-29-62(42-54)69-48-78-68-46-61(37-38-67(68)80-69)59-27-14-31-65(44-59)76-85-73(52-20-8-3-9-21-52)84-75(86-76)64-30-13-26-58(43-64)56-24-10-23-55(40-56)57-25-11-28-60(41-57)66-45-63-32-15-39-77-70(63)79-47-66/h1-48,68,74-76,78,86H,(H,84,85)(H,81,82,83). The van der Waals surface area contributed by atoms with Crippen molar-refractivity contribution >= 4 is 45.5 Å². The van der Waals surface area contributed by atoms with Crippen molar-refractivity contribution in [3.8, 4) is 44.5 Å². The number of nitrogens with zero attached hydrogens (tertiary/aromatic N) is 6. The zero-order valence-electron chi connectivity index (χ0n) is 46.7. The predicted octanol–water partition coefficient (Wildman–Crippen LogP) is 15.5. The quantitative estimate of drug-likeness (QED) is 0.0966. The van der Waals surface area contributed by atoms with E-state index in [2.05, 4.69) is 256 Å². The molecule has 0 fully saturated rings. The summed E-state index contributed by atoms with van der Waals surface area (Å²) in [5.41, 5.74) is 21.0. The number of hydrogen-bond donors (Lipinski definition) is 4. The Morgan fingerprint density at radius 3 is 1.66 bits per heavy atom. The van der Waals surface area contributed by atoms with E-state index in [1.54, 1.807) is 6.20 Å². The van der Waals surface area contributed by atoms with Crippen LogP contribution in [-0.2, 0) is 0 Å². The van der Waals surface area contributed by atoms with Gasteiger partial charge in [-0.05, 0) is 127 Å². The minimum atomic E-state index is -0.329. The highest BCUT2D eigenvalue weighted by Gasteiger charge is 2.28. The van der Waals surface area contributed by atoms with Gasteiger partial charge in [-0.3, -0.25) is 5.32 Å². The van der Waals surface area contributed by atoms with E-state index in [1.807, 2.05) is 60.9 Å². The zero-order chi connectivity index (χ0) is 57.2. The van der Waals surface area contributed by atoms with Gasteiger partial charge in [0.05, 0.1) is 17.5 Å². The molecule has 5 heterocycles. The molecule has 1 aliphatic carbocycles. The molecule has 410 valence electrons. The van der Waals surface area contributed by atoms with Gasteiger partial charge in [-0.15, -0.1) is 0 Å². The van der Waals surface area contributed by atoms with Gasteiger partial charge in [-0.2, -0.15) is 0 Å². The van der Waals surface area contributed by atoms with E-state index >= 15 is 0 Å². The van der Waals surface area contributed by atoms with Crippen LogP contribution in [0.2, 0.25) is 0 Å². The summed E-state index contributed by atoms with van der Waals surface area (Å²) in [6.07, 6.45) is 11.4. The molecule has 0 spiro atoms. The molecule has 10 heteroatoms. The first kappa shape index (κ1) is 51.7. The molecule has 86 heavy (non-hydrogen) atoms. The van der Waals surface area contributed by atoms with Crippen LogP contribution >= 0.6 is 0 Å². The van der Waals surface area contributed by atoms with Crippen LogP contribution in [0.4, 0.5) is 0 Å². The first-order valence-electron chi connectivity index (χ1n) is 29.0. The van der Waals surface area contributed by atoms with Gasteiger partial charge in [0.2, 0.25) is 0 Å². The molecule has 0 saturated heterocycles. The number of nitrogens with one attached hydrogen (secondary N) is 4. The fourth-order valence-electron chi connectivity index (χ4n) is 11.6. The van der Waals surface area contributed by atoms with Gasteiger partial charge in [-0.1, -0.05) is 212 Å². The number of aliphatic imine (C=N–C) groups is 4. The molecular weight excluding hydrogens is 1050 g/mol. The van der Waals surface area contributed by atoms with Crippen LogP contribution in [0.5, 0.6) is 0 Å². The number of benzene rings is 9. The Hall–Kier alpha value is -11.2. The van der Waals surface area contributed by atoms with Crippen molar-refractivity contribution < 1.29 is 0 Å². The van der Waals surface area contributed by atoms with E-state index in [0.29, 0.717) is 5.84 Å². The van der Waals surface area contributed by atoms with E-state index in [-0.39, 0.29) is 24.5 Å². The molecule has 0 bridgehead atoms. The van der Waals surface area contributed by atoms with Crippen molar-refractivity contribution in [1.82, 2.24) is 31.2 Å². The Morgan fingerprint density at radius 1 is 0.360 bits per heavy atom. The van der Waals surface area contributed by atoms with E-state index in [0.717, 1.165) is 129 Å². The Labute approximate surface area is 499 Å². The molecule has 11 aromatic rings. The average Bonchev–Trinajstić information content (AvgIpc) is 2.52. The van der Waals surface area contributed by atoms with E-state index in [4.69, 9.17) is 20.0 Å². The largest absolute Gasteiger partial charge is 0.377 e. The molecule has 15 rings (SSSR count). The Morgan fingerprint density at radius 2 is 0.942 bits per heavy atom. The molecular formula is C76H56N10. The maximum atomic E-state index is 5.33. The smallest absolute Gasteiger partial charge is 0.159 e. The topological polar surface area (TPSA) is 123 Å². The normalized spacial score (nSPS) is 17.9. The molecule has 4 aliphatic rings. The van der Waals surface area contributed by atoms with E-state index in [1.165, 1.54) is 0 Å². The second kappa shape index (κ2) is 22.9. The summed E-state index contributed by atoms with van der Waals surface area (Å²) in [5, 5.41) is 15.9. The Kier molecular flexibility index (Phi) is 13.7. The number of hydrogen-bond acceptors (Lipinski definition) is 10. The fraction of sp³-hybridized carbons (Fsp3) is 0.0526. The lowest BCUT2D eigenvalue weighted by Crippen LogP contribution is -2.45. The van der Waals surface area contributed by atoms with Crippen molar-refractivity contribution in [3.05, 3.63) is 336 Å². The molecule has 4 atom stereocenters. The summed E-state index contributed by atoms with van der Waals surface area (Å²) in [4.78, 5) is 29.6. The highest BCUT2D eigenvalue weighted by atomic mass is 15.3. The lowest BCUT2D eigenvalue weighted by Gasteiger charge is -2.32. The van der Waals surface area contributed by atoms with Crippen LogP contribution in [0, 0.1) is 0 Å². The maximum absolute atomic E-state index is 5.33. The molecule has 0 saturated carbocycles. The van der Waals surface area contributed by atoms with Crippen molar-refractivity contribution in [2.24, 2.45) is 20.0 Å². The summed E-state index contributed by atoms with van der Waals surface area (Å²) >= 11 is 0. The first-order chi connectivity index (χ1) is 42.5. The number of allylic oxidation sites excluding steroid dienone is 2.